The molecule has 0 radical (unpaired) electrons. The minimum atomic E-state index is -4.40. The molecule has 0 saturated carbocycles. The Morgan fingerprint density at radius 1 is 1.04 bits per heavy atom. The maximum absolute atomic E-state index is 13.5. The molecule has 2 aliphatic heterocycles. The molecule has 5 rings (SSSR count). The SMILES string of the molecule is CC(C)(C#N)c1ccc(NCC#Cc2cc3cc(CNC4CCN(C(=O)CNC5CCOCC5)CC4)ccc3n2CC(F)(F)F)cn1. The molecule has 2 aromatic heterocycles. The number of anilines is 1. The van der Waals surface area contributed by atoms with Gasteiger partial charge in [0.2, 0.25) is 5.91 Å². The third-order valence-corrected chi connectivity index (χ3v) is 8.79. The predicted octanol–water partition coefficient (Wildman–Crippen LogP) is 4.71. The number of nitriles is 1. The van der Waals surface area contributed by atoms with E-state index in [1.54, 1.807) is 44.3 Å². The minimum Gasteiger partial charge on any atom is -0.381 e. The number of aromatic nitrogens is 2. The topological polar surface area (TPSA) is 107 Å². The van der Waals surface area contributed by atoms with Crippen molar-refractivity contribution in [2.45, 2.75) is 76.3 Å². The van der Waals surface area contributed by atoms with E-state index in [0.29, 0.717) is 54.5 Å². The van der Waals surface area contributed by atoms with Crippen molar-refractivity contribution in [1.82, 2.24) is 25.1 Å². The fourth-order valence-corrected chi connectivity index (χ4v) is 5.93. The molecule has 2 saturated heterocycles. The number of pyridine rings is 1. The lowest BCUT2D eigenvalue weighted by molar-refractivity contribution is -0.140. The van der Waals surface area contributed by atoms with Crippen molar-refractivity contribution in [3.8, 4) is 17.9 Å². The van der Waals surface area contributed by atoms with Crippen LogP contribution in [0.4, 0.5) is 18.9 Å². The van der Waals surface area contributed by atoms with Crippen molar-refractivity contribution in [1.29, 1.82) is 5.26 Å². The van der Waals surface area contributed by atoms with Gasteiger partial charge in [0, 0.05) is 55.8 Å². The number of fused-ring (bicyclic) bond motifs is 1. The second-order valence-electron chi connectivity index (χ2n) is 12.8. The van der Waals surface area contributed by atoms with Crippen LogP contribution >= 0.6 is 0 Å². The lowest BCUT2D eigenvalue weighted by Gasteiger charge is -2.33. The number of hydrogen-bond donors (Lipinski definition) is 3. The number of carbonyl (C=O) groups is 1. The molecule has 1 aromatic carbocycles. The summed E-state index contributed by atoms with van der Waals surface area (Å²) < 4.78 is 47.2. The van der Waals surface area contributed by atoms with Crippen LogP contribution in [0.2, 0.25) is 0 Å². The van der Waals surface area contributed by atoms with Crippen LogP contribution in [0.3, 0.4) is 0 Å². The van der Waals surface area contributed by atoms with E-state index in [9.17, 15) is 23.2 Å². The third kappa shape index (κ3) is 9.48. The first kappa shape index (κ1) is 34.2. The highest BCUT2D eigenvalue weighted by molar-refractivity contribution is 5.83. The zero-order valence-electron chi connectivity index (χ0n) is 26.9. The number of carbonyl (C=O) groups excluding carboxylic acids is 1. The number of amides is 1. The Bertz CT molecular complexity index is 1620. The molecule has 47 heavy (non-hydrogen) atoms. The summed E-state index contributed by atoms with van der Waals surface area (Å²) in [5.41, 5.74) is 2.38. The molecule has 12 heteroatoms. The van der Waals surface area contributed by atoms with Crippen LogP contribution in [-0.4, -0.2) is 78.0 Å². The maximum atomic E-state index is 13.5. The van der Waals surface area contributed by atoms with E-state index < -0.39 is 18.1 Å². The highest BCUT2D eigenvalue weighted by Gasteiger charge is 2.30. The monoisotopic (exact) mass is 649 g/mol. The summed E-state index contributed by atoms with van der Waals surface area (Å²) in [4.78, 5) is 18.9. The Labute approximate surface area is 273 Å². The van der Waals surface area contributed by atoms with Gasteiger partial charge >= 0.3 is 6.18 Å². The molecular weight excluding hydrogens is 607 g/mol. The van der Waals surface area contributed by atoms with E-state index in [2.05, 4.69) is 38.8 Å². The summed E-state index contributed by atoms with van der Waals surface area (Å²) in [6, 6.07) is 13.6. The Hall–Kier alpha value is -4.10. The molecule has 4 heterocycles. The highest BCUT2D eigenvalue weighted by atomic mass is 19.4. The van der Waals surface area contributed by atoms with Gasteiger partial charge in [-0.05, 0) is 81.3 Å². The Morgan fingerprint density at radius 3 is 2.47 bits per heavy atom. The van der Waals surface area contributed by atoms with Crippen LogP contribution in [0.5, 0.6) is 0 Å². The smallest absolute Gasteiger partial charge is 0.381 e. The van der Waals surface area contributed by atoms with Crippen LogP contribution in [0.15, 0.2) is 42.6 Å². The molecule has 0 unspecified atom stereocenters. The fraction of sp³-hybridized carbons (Fsp3) is 0.514. The molecule has 1 amide bonds. The average molecular weight is 650 g/mol. The summed E-state index contributed by atoms with van der Waals surface area (Å²) in [6.07, 6.45) is 0.772. The number of hydrogen-bond acceptors (Lipinski definition) is 7. The largest absolute Gasteiger partial charge is 0.406 e. The third-order valence-electron chi connectivity index (χ3n) is 8.79. The van der Waals surface area contributed by atoms with Crippen molar-refractivity contribution in [3.63, 3.8) is 0 Å². The van der Waals surface area contributed by atoms with Crippen LogP contribution in [0.25, 0.3) is 10.9 Å². The average Bonchev–Trinajstić information content (AvgIpc) is 3.40. The maximum Gasteiger partial charge on any atom is 0.406 e. The first-order chi connectivity index (χ1) is 22.5. The van der Waals surface area contributed by atoms with E-state index >= 15 is 0 Å². The lowest BCUT2D eigenvalue weighted by atomic mass is 9.91. The molecule has 0 aliphatic carbocycles. The predicted molar refractivity (Wildman–Crippen MR) is 175 cm³/mol. The number of ether oxygens (including phenoxy) is 1. The second-order valence-corrected chi connectivity index (χ2v) is 12.8. The van der Waals surface area contributed by atoms with Crippen LogP contribution in [-0.2, 0) is 28.0 Å². The van der Waals surface area contributed by atoms with Crippen molar-refractivity contribution in [2.24, 2.45) is 0 Å². The number of rotatable bonds is 10. The minimum absolute atomic E-state index is 0.130. The molecule has 3 N–H and O–H groups in total. The van der Waals surface area contributed by atoms with E-state index in [1.165, 1.54) is 4.57 Å². The van der Waals surface area contributed by atoms with Crippen molar-refractivity contribution >= 4 is 22.5 Å². The Kier molecular flexibility index (Phi) is 11.1. The van der Waals surface area contributed by atoms with Gasteiger partial charge in [-0.2, -0.15) is 18.4 Å². The highest BCUT2D eigenvalue weighted by Crippen LogP contribution is 2.27. The number of halogens is 3. The molecular formula is C35H42F3N7O2. The van der Waals surface area contributed by atoms with Crippen molar-refractivity contribution in [3.05, 3.63) is 59.5 Å². The molecule has 2 fully saturated rings. The van der Waals surface area contributed by atoms with Gasteiger partial charge in [0.1, 0.15) is 6.54 Å². The Balaban J connectivity index is 1.16. The number of piperidine rings is 1. The molecule has 0 bridgehead atoms. The molecule has 3 aromatic rings. The number of nitrogens with zero attached hydrogens (tertiary/aromatic N) is 4. The van der Waals surface area contributed by atoms with Gasteiger partial charge in [-0.25, -0.2) is 0 Å². The zero-order valence-corrected chi connectivity index (χ0v) is 26.9. The lowest BCUT2D eigenvalue weighted by Crippen LogP contribution is -2.48. The van der Waals surface area contributed by atoms with Crippen molar-refractivity contribution in [2.75, 3.05) is 44.7 Å². The van der Waals surface area contributed by atoms with Gasteiger partial charge in [-0.3, -0.25) is 9.78 Å². The van der Waals surface area contributed by atoms with Gasteiger partial charge in [0.15, 0.2) is 0 Å². The zero-order chi connectivity index (χ0) is 33.4. The van der Waals surface area contributed by atoms with Crippen LogP contribution in [0, 0.1) is 23.2 Å². The molecule has 0 spiro atoms. The number of likely N-dealkylation sites (tertiary alicyclic amines) is 1. The van der Waals surface area contributed by atoms with Gasteiger partial charge in [0.05, 0.1) is 47.8 Å². The molecule has 9 nitrogen and oxygen atoms in total. The quantitative estimate of drug-likeness (QED) is 0.273. The van der Waals surface area contributed by atoms with Crippen LogP contribution in [0.1, 0.15) is 56.5 Å². The summed E-state index contributed by atoms with van der Waals surface area (Å²) in [6.45, 7) is 6.46. The first-order valence-corrected chi connectivity index (χ1v) is 16.1. The van der Waals surface area contributed by atoms with E-state index in [0.717, 1.165) is 44.5 Å². The summed E-state index contributed by atoms with van der Waals surface area (Å²) in [7, 11) is 0. The summed E-state index contributed by atoms with van der Waals surface area (Å²) in [5.74, 6) is 5.98. The fourth-order valence-electron chi connectivity index (χ4n) is 5.93. The Morgan fingerprint density at radius 2 is 1.79 bits per heavy atom. The van der Waals surface area contributed by atoms with Gasteiger partial charge in [0.25, 0.3) is 0 Å². The van der Waals surface area contributed by atoms with Gasteiger partial charge < -0.3 is 30.2 Å². The van der Waals surface area contributed by atoms with E-state index in [-0.39, 0.29) is 24.2 Å². The standard InChI is InChI=1S/C35H42F3N7O2/c1-34(2,23-39)32-8-6-29(21-43-32)40-13-3-4-30-19-26-18-25(5-7-31(26)45(30)24-35(36,37)38)20-41-27-9-14-44(15-10-27)33(46)22-42-28-11-16-47-17-12-28/h5-8,18-19,21,27-28,40-42H,9-17,20,22,24H2,1-2H3. The summed E-state index contributed by atoms with van der Waals surface area (Å²) >= 11 is 0. The number of benzene rings is 1. The molecule has 250 valence electrons. The first-order valence-electron chi connectivity index (χ1n) is 16.1. The number of alkyl halides is 3. The van der Waals surface area contributed by atoms with Gasteiger partial charge in [-0.15, -0.1) is 0 Å². The van der Waals surface area contributed by atoms with E-state index in [4.69, 9.17) is 4.74 Å². The van der Waals surface area contributed by atoms with Gasteiger partial charge in [-0.1, -0.05) is 12.0 Å². The molecule has 2 aliphatic rings. The number of nitrogens with one attached hydrogen (secondary N) is 3. The summed E-state index contributed by atoms with van der Waals surface area (Å²) in [5, 5.41) is 20.0. The van der Waals surface area contributed by atoms with Crippen LogP contribution < -0.4 is 16.0 Å². The second kappa shape index (κ2) is 15.2. The van der Waals surface area contributed by atoms with Crippen molar-refractivity contribution < 1.29 is 22.7 Å². The van der Waals surface area contributed by atoms with E-state index in [1.807, 2.05) is 17.0 Å². The molecule has 0 atom stereocenters. The normalized spacial score (nSPS) is 16.5.